The van der Waals surface area contributed by atoms with Crippen molar-refractivity contribution in [3.63, 3.8) is 0 Å². The van der Waals surface area contributed by atoms with Gasteiger partial charge in [0.2, 0.25) is 0 Å². The topological polar surface area (TPSA) is 25.8 Å². The standard InChI is InChI=1S/C15H11BrN2/c1-10-2-4-11(5-3-10)15-9-17-14-8-12(16)6-7-13(14)18-15/h2-9H,1H3. The molecule has 3 heteroatoms. The Bertz CT molecular complexity index is 705. The van der Waals surface area contributed by atoms with Crippen LogP contribution in [0.3, 0.4) is 0 Å². The van der Waals surface area contributed by atoms with E-state index in [-0.39, 0.29) is 0 Å². The summed E-state index contributed by atoms with van der Waals surface area (Å²) in [5.74, 6) is 0. The maximum atomic E-state index is 4.63. The molecule has 0 fully saturated rings. The lowest BCUT2D eigenvalue weighted by atomic mass is 10.1. The molecule has 0 radical (unpaired) electrons. The Kier molecular flexibility index (Phi) is 2.84. The number of benzene rings is 2. The van der Waals surface area contributed by atoms with Crippen LogP contribution in [0.5, 0.6) is 0 Å². The molecule has 1 heterocycles. The average molecular weight is 299 g/mol. The smallest absolute Gasteiger partial charge is 0.0898 e. The van der Waals surface area contributed by atoms with Gasteiger partial charge in [0.1, 0.15) is 0 Å². The van der Waals surface area contributed by atoms with Gasteiger partial charge in [0.25, 0.3) is 0 Å². The van der Waals surface area contributed by atoms with Crippen LogP contribution in [-0.4, -0.2) is 9.97 Å². The summed E-state index contributed by atoms with van der Waals surface area (Å²) < 4.78 is 1.02. The van der Waals surface area contributed by atoms with Gasteiger partial charge in [-0.25, -0.2) is 4.98 Å². The van der Waals surface area contributed by atoms with Crippen molar-refractivity contribution in [2.75, 3.05) is 0 Å². The van der Waals surface area contributed by atoms with Crippen molar-refractivity contribution in [2.45, 2.75) is 6.92 Å². The van der Waals surface area contributed by atoms with Crippen LogP contribution >= 0.6 is 15.9 Å². The second-order valence-electron chi connectivity index (χ2n) is 4.25. The van der Waals surface area contributed by atoms with Crippen LogP contribution < -0.4 is 0 Å². The van der Waals surface area contributed by atoms with E-state index in [1.165, 1.54) is 5.56 Å². The zero-order chi connectivity index (χ0) is 12.5. The first kappa shape index (κ1) is 11.4. The van der Waals surface area contributed by atoms with Crippen LogP contribution in [0.4, 0.5) is 0 Å². The highest BCUT2D eigenvalue weighted by molar-refractivity contribution is 9.10. The molecular weight excluding hydrogens is 288 g/mol. The number of aromatic nitrogens is 2. The summed E-state index contributed by atoms with van der Waals surface area (Å²) in [5.41, 5.74) is 5.07. The number of aryl methyl sites for hydroxylation is 1. The summed E-state index contributed by atoms with van der Waals surface area (Å²) >= 11 is 3.44. The Hall–Kier alpha value is -1.74. The first-order valence-electron chi connectivity index (χ1n) is 5.72. The van der Waals surface area contributed by atoms with Gasteiger partial charge in [-0.05, 0) is 25.1 Å². The van der Waals surface area contributed by atoms with Crippen LogP contribution in [0.15, 0.2) is 53.1 Å². The van der Waals surface area contributed by atoms with E-state index in [2.05, 4.69) is 57.1 Å². The fraction of sp³-hybridized carbons (Fsp3) is 0.0667. The van der Waals surface area contributed by atoms with E-state index in [0.717, 1.165) is 26.8 Å². The molecule has 0 aliphatic rings. The largest absolute Gasteiger partial charge is 0.252 e. The van der Waals surface area contributed by atoms with Crippen molar-refractivity contribution in [1.29, 1.82) is 0 Å². The Morgan fingerprint density at radius 3 is 2.50 bits per heavy atom. The van der Waals surface area contributed by atoms with Gasteiger partial charge >= 0.3 is 0 Å². The van der Waals surface area contributed by atoms with Crippen molar-refractivity contribution in [1.82, 2.24) is 9.97 Å². The fourth-order valence-corrected chi connectivity index (χ4v) is 2.20. The van der Waals surface area contributed by atoms with Crippen LogP contribution in [0.2, 0.25) is 0 Å². The number of hydrogen-bond donors (Lipinski definition) is 0. The van der Waals surface area contributed by atoms with Crippen molar-refractivity contribution in [3.05, 3.63) is 58.7 Å². The third-order valence-electron chi connectivity index (χ3n) is 2.85. The molecule has 88 valence electrons. The van der Waals surface area contributed by atoms with E-state index in [0.29, 0.717) is 0 Å². The van der Waals surface area contributed by atoms with Crippen molar-refractivity contribution in [3.8, 4) is 11.3 Å². The molecule has 0 bridgehead atoms. The minimum atomic E-state index is 0.903. The van der Waals surface area contributed by atoms with E-state index in [4.69, 9.17) is 0 Å². The Balaban J connectivity index is 2.13. The van der Waals surface area contributed by atoms with E-state index in [9.17, 15) is 0 Å². The van der Waals surface area contributed by atoms with Crippen LogP contribution in [0.25, 0.3) is 22.3 Å². The number of fused-ring (bicyclic) bond motifs is 1. The van der Waals surface area contributed by atoms with Gasteiger partial charge in [-0.2, -0.15) is 0 Å². The van der Waals surface area contributed by atoms with E-state index >= 15 is 0 Å². The van der Waals surface area contributed by atoms with Crippen molar-refractivity contribution < 1.29 is 0 Å². The average Bonchev–Trinajstić information content (AvgIpc) is 2.39. The maximum absolute atomic E-state index is 4.63. The van der Waals surface area contributed by atoms with Gasteiger partial charge < -0.3 is 0 Å². The normalized spacial score (nSPS) is 10.8. The zero-order valence-electron chi connectivity index (χ0n) is 9.89. The second-order valence-corrected chi connectivity index (χ2v) is 5.17. The summed E-state index contributed by atoms with van der Waals surface area (Å²) in [7, 11) is 0. The van der Waals surface area contributed by atoms with Crippen molar-refractivity contribution >= 4 is 27.0 Å². The monoisotopic (exact) mass is 298 g/mol. The number of hydrogen-bond acceptors (Lipinski definition) is 2. The minimum absolute atomic E-state index is 0.903. The van der Waals surface area contributed by atoms with Crippen LogP contribution in [-0.2, 0) is 0 Å². The number of halogens is 1. The highest BCUT2D eigenvalue weighted by atomic mass is 79.9. The molecule has 3 aromatic rings. The molecule has 2 nitrogen and oxygen atoms in total. The quantitative estimate of drug-likeness (QED) is 0.667. The fourth-order valence-electron chi connectivity index (χ4n) is 1.85. The molecule has 18 heavy (non-hydrogen) atoms. The summed E-state index contributed by atoms with van der Waals surface area (Å²) in [6, 6.07) is 14.3. The van der Waals surface area contributed by atoms with Gasteiger partial charge in [-0.15, -0.1) is 0 Å². The highest BCUT2D eigenvalue weighted by Crippen LogP contribution is 2.21. The first-order valence-corrected chi connectivity index (χ1v) is 6.51. The first-order chi connectivity index (χ1) is 8.72. The maximum Gasteiger partial charge on any atom is 0.0898 e. The molecule has 0 N–H and O–H groups in total. The molecule has 0 saturated carbocycles. The predicted octanol–water partition coefficient (Wildman–Crippen LogP) is 4.37. The Morgan fingerprint density at radius 1 is 0.944 bits per heavy atom. The van der Waals surface area contributed by atoms with Crippen LogP contribution in [0, 0.1) is 6.92 Å². The second kappa shape index (κ2) is 4.50. The number of rotatable bonds is 1. The van der Waals surface area contributed by atoms with Gasteiger partial charge in [0.15, 0.2) is 0 Å². The lowest BCUT2D eigenvalue weighted by Gasteiger charge is -2.03. The van der Waals surface area contributed by atoms with Gasteiger partial charge in [-0.1, -0.05) is 45.8 Å². The molecule has 0 amide bonds. The molecule has 2 aromatic carbocycles. The molecule has 0 aliphatic heterocycles. The summed E-state index contributed by atoms with van der Waals surface area (Å²) in [5, 5.41) is 0. The SMILES string of the molecule is Cc1ccc(-c2cnc3cc(Br)ccc3n2)cc1. The summed E-state index contributed by atoms with van der Waals surface area (Å²) in [4.78, 5) is 9.08. The summed E-state index contributed by atoms with van der Waals surface area (Å²) in [6.07, 6.45) is 1.82. The summed E-state index contributed by atoms with van der Waals surface area (Å²) in [6.45, 7) is 2.08. The highest BCUT2D eigenvalue weighted by Gasteiger charge is 2.02. The third kappa shape index (κ3) is 2.14. The molecule has 1 aromatic heterocycles. The lowest BCUT2D eigenvalue weighted by molar-refractivity contribution is 1.29. The number of nitrogens with zero attached hydrogens (tertiary/aromatic N) is 2. The van der Waals surface area contributed by atoms with E-state index < -0.39 is 0 Å². The molecular formula is C15H11BrN2. The molecule has 0 spiro atoms. The van der Waals surface area contributed by atoms with Gasteiger partial charge in [0.05, 0.1) is 22.9 Å². The Morgan fingerprint density at radius 2 is 1.72 bits per heavy atom. The Labute approximate surface area is 114 Å². The third-order valence-corrected chi connectivity index (χ3v) is 3.34. The molecule has 3 rings (SSSR count). The molecule has 0 atom stereocenters. The van der Waals surface area contributed by atoms with Gasteiger partial charge in [-0.3, -0.25) is 4.98 Å². The molecule has 0 unspecified atom stereocenters. The van der Waals surface area contributed by atoms with E-state index in [1.807, 2.05) is 24.4 Å². The van der Waals surface area contributed by atoms with Gasteiger partial charge in [0, 0.05) is 10.0 Å². The zero-order valence-corrected chi connectivity index (χ0v) is 11.5. The van der Waals surface area contributed by atoms with E-state index in [1.54, 1.807) is 0 Å². The lowest BCUT2D eigenvalue weighted by Crippen LogP contribution is -1.88. The minimum Gasteiger partial charge on any atom is -0.252 e. The van der Waals surface area contributed by atoms with Crippen LogP contribution in [0.1, 0.15) is 5.56 Å². The molecule has 0 saturated heterocycles. The van der Waals surface area contributed by atoms with Crippen molar-refractivity contribution in [2.24, 2.45) is 0 Å². The predicted molar refractivity (Wildman–Crippen MR) is 77.4 cm³/mol. The molecule has 0 aliphatic carbocycles.